The van der Waals surface area contributed by atoms with Gasteiger partial charge in [-0.2, -0.15) is 4.98 Å². The van der Waals surface area contributed by atoms with Gasteiger partial charge in [0.25, 0.3) is 0 Å². The van der Waals surface area contributed by atoms with Gasteiger partial charge in [0.15, 0.2) is 0 Å². The van der Waals surface area contributed by atoms with E-state index >= 15 is 0 Å². The Hall–Kier alpha value is -1.89. The van der Waals surface area contributed by atoms with Crippen molar-refractivity contribution in [2.75, 3.05) is 7.11 Å². The van der Waals surface area contributed by atoms with E-state index in [9.17, 15) is 4.79 Å². The lowest BCUT2D eigenvalue weighted by Crippen LogP contribution is -1.96. The number of ether oxygens (including phenoxy) is 1. The molecule has 7 heteroatoms. The fraction of sp³-hybridized carbons (Fsp3) is 0.308. The molecule has 0 aliphatic rings. The molecule has 20 heavy (non-hydrogen) atoms. The van der Waals surface area contributed by atoms with Crippen LogP contribution in [-0.2, 0) is 11.2 Å². The summed E-state index contributed by atoms with van der Waals surface area (Å²) in [4.78, 5) is 14.7. The number of methoxy groups -OCH3 is 1. The third-order valence-electron chi connectivity index (χ3n) is 2.66. The van der Waals surface area contributed by atoms with Crippen molar-refractivity contribution in [1.82, 2.24) is 10.1 Å². The van der Waals surface area contributed by atoms with Crippen LogP contribution in [0.4, 0.5) is 0 Å². The highest BCUT2D eigenvalue weighted by molar-refractivity contribution is 9.10. The summed E-state index contributed by atoms with van der Waals surface area (Å²) in [5, 5.41) is 12.5. The van der Waals surface area contributed by atoms with Crippen LogP contribution in [0.15, 0.2) is 27.2 Å². The number of aryl methyl sites for hydroxylation is 1. The lowest BCUT2D eigenvalue weighted by Gasteiger charge is -2.03. The van der Waals surface area contributed by atoms with Crippen molar-refractivity contribution in [2.45, 2.75) is 19.3 Å². The van der Waals surface area contributed by atoms with Crippen molar-refractivity contribution < 1.29 is 19.2 Å². The molecule has 0 spiro atoms. The molecule has 1 N–H and O–H groups in total. The zero-order chi connectivity index (χ0) is 14.5. The summed E-state index contributed by atoms with van der Waals surface area (Å²) in [5.41, 5.74) is 0.797. The molecule has 0 saturated heterocycles. The van der Waals surface area contributed by atoms with E-state index in [0.717, 1.165) is 15.8 Å². The molecule has 1 heterocycles. The molecule has 0 amide bonds. The van der Waals surface area contributed by atoms with Gasteiger partial charge in [-0.15, -0.1) is 0 Å². The summed E-state index contributed by atoms with van der Waals surface area (Å²) in [6.45, 7) is 0. The minimum atomic E-state index is -0.830. The maximum atomic E-state index is 10.4. The van der Waals surface area contributed by atoms with Gasteiger partial charge >= 0.3 is 5.97 Å². The van der Waals surface area contributed by atoms with E-state index in [-0.39, 0.29) is 6.42 Å². The van der Waals surface area contributed by atoms with E-state index in [2.05, 4.69) is 26.1 Å². The average Bonchev–Trinajstić information content (AvgIpc) is 2.87. The number of nitrogens with zero attached hydrogens (tertiary/aromatic N) is 2. The number of benzene rings is 1. The van der Waals surface area contributed by atoms with E-state index in [1.54, 1.807) is 13.2 Å². The second-order valence-electron chi connectivity index (χ2n) is 4.11. The average molecular weight is 341 g/mol. The first-order valence-electron chi connectivity index (χ1n) is 5.98. The Morgan fingerprint density at radius 1 is 1.50 bits per heavy atom. The molecule has 106 valence electrons. The summed E-state index contributed by atoms with van der Waals surface area (Å²) < 4.78 is 11.0. The van der Waals surface area contributed by atoms with Crippen LogP contribution in [0.25, 0.3) is 11.4 Å². The minimum Gasteiger partial charge on any atom is -0.496 e. The van der Waals surface area contributed by atoms with Gasteiger partial charge in [-0.3, -0.25) is 4.79 Å². The molecule has 2 aromatic rings. The lowest BCUT2D eigenvalue weighted by atomic mass is 10.2. The number of hydrogen-bond donors (Lipinski definition) is 1. The van der Waals surface area contributed by atoms with Crippen molar-refractivity contribution >= 4 is 21.9 Å². The number of rotatable bonds is 6. The Bertz CT molecular complexity index is 612. The predicted molar refractivity (Wildman–Crippen MR) is 74.6 cm³/mol. The number of aliphatic carboxylic acids is 1. The predicted octanol–water partition coefficient (Wildman–Crippen LogP) is 2.92. The topological polar surface area (TPSA) is 85.5 Å². The Morgan fingerprint density at radius 3 is 2.95 bits per heavy atom. The van der Waals surface area contributed by atoms with Crippen LogP contribution >= 0.6 is 15.9 Å². The third-order valence-corrected chi connectivity index (χ3v) is 3.28. The molecule has 0 atom stereocenters. The molecule has 1 aromatic carbocycles. The van der Waals surface area contributed by atoms with Crippen LogP contribution in [0, 0.1) is 0 Å². The number of halogens is 1. The van der Waals surface area contributed by atoms with E-state index in [4.69, 9.17) is 14.4 Å². The van der Waals surface area contributed by atoms with Gasteiger partial charge in [0.1, 0.15) is 5.75 Å². The molecular formula is C13H13BrN2O4. The molecular weight excluding hydrogens is 328 g/mol. The number of hydrogen-bond acceptors (Lipinski definition) is 5. The van der Waals surface area contributed by atoms with Crippen molar-refractivity contribution in [1.29, 1.82) is 0 Å². The summed E-state index contributed by atoms with van der Waals surface area (Å²) >= 11 is 3.39. The number of aromatic nitrogens is 2. The molecule has 0 aliphatic heterocycles. The van der Waals surface area contributed by atoms with Crippen LogP contribution in [0.3, 0.4) is 0 Å². The summed E-state index contributed by atoms with van der Waals surface area (Å²) in [5.74, 6) is 0.801. The minimum absolute atomic E-state index is 0.0891. The van der Waals surface area contributed by atoms with E-state index in [0.29, 0.717) is 24.6 Å². The van der Waals surface area contributed by atoms with Crippen LogP contribution < -0.4 is 4.74 Å². The van der Waals surface area contributed by atoms with Gasteiger partial charge < -0.3 is 14.4 Å². The molecule has 0 aliphatic carbocycles. The molecule has 6 nitrogen and oxygen atoms in total. The number of carboxylic acid groups (broad SMARTS) is 1. The van der Waals surface area contributed by atoms with Gasteiger partial charge in [0.2, 0.25) is 11.7 Å². The van der Waals surface area contributed by atoms with Crippen LogP contribution in [-0.4, -0.2) is 28.3 Å². The monoisotopic (exact) mass is 340 g/mol. The van der Waals surface area contributed by atoms with Crippen molar-refractivity contribution in [2.24, 2.45) is 0 Å². The fourth-order valence-electron chi connectivity index (χ4n) is 1.67. The highest BCUT2D eigenvalue weighted by Gasteiger charge is 2.11. The highest BCUT2D eigenvalue weighted by Crippen LogP contribution is 2.29. The van der Waals surface area contributed by atoms with Gasteiger partial charge in [-0.25, -0.2) is 0 Å². The first-order chi connectivity index (χ1) is 9.60. The van der Waals surface area contributed by atoms with Gasteiger partial charge in [-0.05, 0) is 40.5 Å². The van der Waals surface area contributed by atoms with Gasteiger partial charge in [-0.1, -0.05) is 5.16 Å². The molecule has 2 rings (SSSR count). The van der Waals surface area contributed by atoms with E-state index in [1.165, 1.54) is 0 Å². The lowest BCUT2D eigenvalue weighted by molar-refractivity contribution is -0.137. The Kier molecular flexibility index (Phi) is 4.73. The quantitative estimate of drug-likeness (QED) is 0.870. The number of carboxylic acids is 1. The maximum Gasteiger partial charge on any atom is 0.303 e. The zero-order valence-corrected chi connectivity index (χ0v) is 12.4. The molecule has 0 bridgehead atoms. The molecule has 1 aromatic heterocycles. The molecule has 0 fully saturated rings. The Morgan fingerprint density at radius 2 is 2.30 bits per heavy atom. The smallest absolute Gasteiger partial charge is 0.303 e. The van der Waals surface area contributed by atoms with Crippen LogP contribution in [0.2, 0.25) is 0 Å². The summed E-state index contributed by atoms with van der Waals surface area (Å²) in [7, 11) is 1.59. The first-order valence-corrected chi connectivity index (χ1v) is 6.77. The van der Waals surface area contributed by atoms with Crippen LogP contribution in [0.5, 0.6) is 5.75 Å². The second-order valence-corrected chi connectivity index (χ2v) is 4.96. The number of carbonyl (C=O) groups is 1. The first kappa shape index (κ1) is 14.5. The van der Waals surface area contributed by atoms with E-state index < -0.39 is 5.97 Å². The zero-order valence-electron chi connectivity index (χ0n) is 10.8. The van der Waals surface area contributed by atoms with E-state index in [1.807, 2.05) is 12.1 Å². The Balaban J connectivity index is 2.08. The standard InChI is InChI=1S/C13H13BrN2O4/c1-19-10-6-5-8(7-9(10)14)13-15-11(20-16-13)3-2-4-12(17)18/h5-7H,2-4H2,1H3,(H,17,18). The van der Waals surface area contributed by atoms with Gasteiger partial charge in [0.05, 0.1) is 11.6 Å². The maximum absolute atomic E-state index is 10.4. The SMILES string of the molecule is COc1ccc(-c2noc(CCCC(=O)O)n2)cc1Br. The summed E-state index contributed by atoms with van der Waals surface area (Å²) in [6, 6.07) is 5.47. The highest BCUT2D eigenvalue weighted by atomic mass is 79.9. The molecule has 0 radical (unpaired) electrons. The summed E-state index contributed by atoms with van der Waals surface area (Å²) in [6.07, 6.45) is 1.02. The van der Waals surface area contributed by atoms with Crippen molar-refractivity contribution in [3.63, 3.8) is 0 Å². The van der Waals surface area contributed by atoms with Gasteiger partial charge in [0, 0.05) is 18.4 Å². The third kappa shape index (κ3) is 3.57. The van der Waals surface area contributed by atoms with Crippen LogP contribution in [0.1, 0.15) is 18.7 Å². The fourth-order valence-corrected chi connectivity index (χ4v) is 2.21. The second kappa shape index (κ2) is 6.51. The van der Waals surface area contributed by atoms with Crippen molar-refractivity contribution in [3.05, 3.63) is 28.6 Å². The molecule has 0 unspecified atom stereocenters. The normalized spacial score (nSPS) is 10.5. The molecule has 0 saturated carbocycles. The Labute approximate surface area is 123 Å². The van der Waals surface area contributed by atoms with Crippen molar-refractivity contribution in [3.8, 4) is 17.1 Å². The largest absolute Gasteiger partial charge is 0.496 e.